The number of allylic oxidation sites excluding steroid dienone is 2. The lowest BCUT2D eigenvalue weighted by atomic mass is 10.1. The number of tetrazole rings is 1. The number of hydrazone groups is 1. The maximum Gasteiger partial charge on any atom is 0.263 e. The van der Waals surface area contributed by atoms with Crippen LogP contribution in [0.3, 0.4) is 0 Å². The zero-order valence-corrected chi connectivity index (χ0v) is 23.2. The Bertz CT molecular complexity index is 1370. The third kappa shape index (κ3) is 6.63. The lowest BCUT2D eigenvalue weighted by Gasteiger charge is -2.31. The Hall–Kier alpha value is -4.31. The standard InChI is InChI=1S/C30H36N8O2/c1-3-36(4-2)27-14-10-23(11-15-27)20-25-12-13-26(29(25)37-16-18-40-19-17-37)21-31-32-28(39)22-38-34-30(33-35-38)24-8-6-5-7-9-24/h5-11,14-15,20-21H,3-4,12-13,16-19,22H2,1-2H3,(H,32,39)/b25-20+,31-21+. The highest BCUT2D eigenvalue weighted by Gasteiger charge is 2.25. The number of morpholine rings is 1. The molecule has 10 heteroatoms. The number of nitrogens with one attached hydrogen (secondary N) is 1. The molecule has 1 saturated heterocycles. The van der Waals surface area contributed by atoms with Crippen molar-refractivity contribution in [1.29, 1.82) is 0 Å². The van der Waals surface area contributed by atoms with Crippen molar-refractivity contribution in [2.24, 2.45) is 5.10 Å². The van der Waals surface area contributed by atoms with E-state index in [1.54, 1.807) is 6.21 Å². The molecule has 0 bridgehead atoms. The molecule has 2 heterocycles. The van der Waals surface area contributed by atoms with Crippen LogP contribution in [0, 0.1) is 0 Å². The van der Waals surface area contributed by atoms with Gasteiger partial charge in [0.25, 0.3) is 5.91 Å². The lowest BCUT2D eigenvalue weighted by molar-refractivity contribution is -0.122. The van der Waals surface area contributed by atoms with Crippen LogP contribution in [0.5, 0.6) is 0 Å². The number of ether oxygens (including phenoxy) is 1. The molecule has 1 aliphatic heterocycles. The highest BCUT2D eigenvalue weighted by molar-refractivity contribution is 5.85. The van der Waals surface area contributed by atoms with Gasteiger partial charge in [0, 0.05) is 43.1 Å². The summed E-state index contributed by atoms with van der Waals surface area (Å²) < 4.78 is 5.61. The first-order valence-electron chi connectivity index (χ1n) is 13.9. The van der Waals surface area contributed by atoms with Gasteiger partial charge in [0.1, 0.15) is 6.54 Å². The first-order valence-corrected chi connectivity index (χ1v) is 13.9. The van der Waals surface area contributed by atoms with Gasteiger partial charge in [-0.1, -0.05) is 42.5 Å². The van der Waals surface area contributed by atoms with E-state index in [9.17, 15) is 4.79 Å². The molecule has 1 aromatic heterocycles. The van der Waals surface area contributed by atoms with E-state index in [2.05, 4.69) is 79.9 Å². The number of carbonyl (C=O) groups excluding carboxylic acids is 1. The van der Waals surface area contributed by atoms with Gasteiger partial charge >= 0.3 is 0 Å². The highest BCUT2D eigenvalue weighted by atomic mass is 16.5. The molecule has 1 N–H and O–H groups in total. The number of rotatable bonds is 10. The smallest absolute Gasteiger partial charge is 0.263 e. The van der Waals surface area contributed by atoms with E-state index in [0.29, 0.717) is 19.0 Å². The van der Waals surface area contributed by atoms with Gasteiger partial charge in [-0.05, 0) is 66.8 Å². The van der Waals surface area contributed by atoms with E-state index in [-0.39, 0.29) is 12.5 Å². The number of nitrogens with zero attached hydrogens (tertiary/aromatic N) is 7. The highest BCUT2D eigenvalue weighted by Crippen LogP contribution is 2.35. The summed E-state index contributed by atoms with van der Waals surface area (Å²) in [6.45, 7) is 9.33. The fraction of sp³-hybridized carbons (Fsp3) is 0.367. The second kappa shape index (κ2) is 13.2. The van der Waals surface area contributed by atoms with Crippen LogP contribution >= 0.6 is 0 Å². The summed E-state index contributed by atoms with van der Waals surface area (Å²) in [7, 11) is 0. The Balaban J connectivity index is 1.28. The third-order valence-corrected chi connectivity index (χ3v) is 7.14. The summed E-state index contributed by atoms with van der Waals surface area (Å²) >= 11 is 0. The van der Waals surface area contributed by atoms with Gasteiger partial charge in [0.05, 0.1) is 19.4 Å². The lowest BCUT2D eigenvalue weighted by Crippen LogP contribution is -2.36. The summed E-state index contributed by atoms with van der Waals surface area (Å²) in [6.07, 6.45) is 5.83. The molecular formula is C30H36N8O2. The van der Waals surface area contributed by atoms with Gasteiger partial charge in [0.2, 0.25) is 5.82 Å². The zero-order chi connectivity index (χ0) is 27.7. The Kier molecular flexibility index (Phi) is 8.97. The van der Waals surface area contributed by atoms with Crippen LogP contribution in [0.2, 0.25) is 0 Å². The number of benzene rings is 2. The van der Waals surface area contributed by atoms with Crippen LogP contribution in [-0.2, 0) is 16.1 Å². The molecule has 2 aromatic carbocycles. The molecule has 0 spiro atoms. The van der Waals surface area contributed by atoms with Crippen molar-refractivity contribution in [2.45, 2.75) is 33.2 Å². The fourth-order valence-electron chi connectivity index (χ4n) is 5.10. The zero-order valence-electron chi connectivity index (χ0n) is 23.2. The van der Waals surface area contributed by atoms with E-state index in [1.165, 1.54) is 27.3 Å². The van der Waals surface area contributed by atoms with E-state index < -0.39 is 0 Å². The third-order valence-electron chi connectivity index (χ3n) is 7.14. The van der Waals surface area contributed by atoms with Crippen LogP contribution in [0.1, 0.15) is 32.3 Å². The minimum Gasteiger partial charge on any atom is -0.378 e. The number of amides is 1. The van der Waals surface area contributed by atoms with E-state index in [4.69, 9.17) is 4.74 Å². The number of anilines is 1. The summed E-state index contributed by atoms with van der Waals surface area (Å²) in [6, 6.07) is 18.3. The van der Waals surface area contributed by atoms with Gasteiger partial charge in [-0.25, -0.2) is 5.43 Å². The summed E-state index contributed by atoms with van der Waals surface area (Å²) in [5, 5.41) is 16.6. The normalized spacial score (nSPS) is 16.8. The van der Waals surface area contributed by atoms with E-state index in [1.807, 2.05) is 30.3 Å². The van der Waals surface area contributed by atoms with Gasteiger partial charge in [-0.2, -0.15) is 9.90 Å². The van der Waals surface area contributed by atoms with Crippen molar-refractivity contribution >= 4 is 23.9 Å². The molecule has 0 atom stereocenters. The molecule has 10 nitrogen and oxygen atoms in total. The first-order chi connectivity index (χ1) is 19.6. The Morgan fingerprint density at radius 3 is 2.52 bits per heavy atom. The Labute approximate surface area is 235 Å². The molecule has 2 aliphatic rings. The monoisotopic (exact) mass is 540 g/mol. The molecule has 0 unspecified atom stereocenters. The van der Waals surface area contributed by atoms with Crippen LogP contribution in [-0.4, -0.2) is 76.6 Å². The maximum absolute atomic E-state index is 12.5. The van der Waals surface area contributed by atoms with Crippen LogP contribution in [0.4, 0.5) is 5.69 Å². The van der Waals surface area contributed by atoms with Gasteiger partial charge in [0.15, 0.2) is 0 Å². The maximum atomic E-state index is 12.5. The van der Waals surface area contributed by atoms with Crippen molar-refractivity contribution in [2.75, 3.05) is 44.3 Å². The SMILES string of the molecule is CCN(CC)c1ccc(/C=C2\CCC(/C=N/NC(=O)Cn3nnc(-c4ccccc4)n3)=C2N2CCOCC2)cc1. The first kappa shape index (κ1) is 27.3. The van der Waals surface area contributed by atoms with Gasteiger partial charge in [-0.15, -0.1) is 10.2 Å². The van der Waals surface area contributed by atoms with E-state index >= 15 is 0 Å². The van der Waals surface area contributed by atoms with Crippen molar-refractivity contribution in [3.63, 3.8) is 0 Å². The number of hydrogen-bond acceptors (Lipinski definition) is 8. The quantitative estimate of drug-likeness (QED) is 0.309. The predicted octanol–water partition coefficient (Wildman–Crippen LogP) is 3.75. The fourth-order valence-corrected chi connectivity index (χ4v) is 5.10. The van der Waals surface area contributed by atoms with Crippen LogP contribution in [0.25, 0.3) is 17.5 Å². The molecule has 1 fully saturated rings. The summed E-state index contributed by atoms with van der Waals surface area (Å²) in [4.78, 5) is 18.5. The minimum atomic E-state index is -0.316. The largest absolute Gasteiger partial charge is 0.378 e. The van der Waals surface area contributed by atoms with Crippen molar-refractivity contribution < 1.29 is 9.53 Å². The summed E-state index contributed by atoms with van der Waals surface area (Å²) in [5.74, 6) is 0.161. The van der Waals surface area contributed by atoms with Crippen molar-refractivity contribution in [3.8, 4) is 11.4 Å². The van der Waals surface area contributed by atoms with Gasteiger partial charge in [-0.3, -0.25) is 4.79 Å². The van der Waals surface area contributed by atoms with Crippen LogP contribution < -0.4 is 10.3 Å². The second-order valence-corrected chi connectivity index (χ2v) is 9.71. The molecule has 0 saturated carbocycles. The minimum absolute atomic E-state index is 0.0683. The summed E-state index contributed by atoms with van der Waals surface area (Å²) in [5.41, 5.74) is 9.48. The number of hydrogen-bond donors (Lipinski definition) is 1. The number of aromatic nitrogens is 4. The molecule has 40 heavy (non-hydrogen) atoms. The molecule has 1 aliphatic carbocycles. The van der Waals surface area contributed by atoms with Crippen molar-refractivity contribution in [3.05, 3.63) is 77.0 Å². The topological polar surface area (TPSA) is 101 Å². The average Bonchev–Trinajstić information content (AvgIpc) is 3.62. The Morgan fingerprint density at radius 1 is 1.05 bits per heavy atom. The average molecular weight is 541 g/mol. The van der Waals surface area contributed by atoms with Crippen molar-refractivity contribution in [1.82, 2.24) is 30.5 Å². The number of carbonyl (C=O) groups is 1. The van der Waals surface area contributed by atoms with Gasteiger partial charge < -0.3 is 14.5 Å². The molecule has 0 radical (unpaired) electrons. The van der Waals surface area contributed by atoms with Crippen LogP contribution in [0.15, 0.2) is 76.5 Å². The van der Waals surface area contributed by atoms with E-state index in [0.717, 1.165) is 50.2 Å². The Morgan fingerprint density at radius 2 is 1.80 bits per heavy atom. The molecule has 208 valence electrons. The molecule has 3 aromatic rings. The predicted molar refractivity (Wildman–Crippen MR) is 157 cm³/mol. The molecule has 1 amide bonds. The second-order valence-electron chi connectivity index (χ2n) is 9.71. The molecular weight excluding hydrogens is 504 g/mol. The molecule has 5 rings (SSSR count).